The van der Waals surface area contributed by atoms with Crippen LogP contribution in [0.15, 0.2) is 15.4 Å². The van der Waals surface area contributed by atoms with E-state index in [1.165, 1.54) is 6.07 Å². The summed E-state index contributed by atoms with van der Waals surface area (Å²) in [5.41, 5.74) is 0. The van der Waals surface area contributed by atoms with E-state index in [0.717, 1.165) is 12.8 Å². The van der Waals surface area contributed by atoms with Crippen LogP contribution < -0.4 is 4.72 Å². The molecular weight excluding hydrogens is 266 g/mol. The number of aliphatic hydroxyl groups is 1. The maximum absolute atomic E-state index is 12.3. The van der Waals surface area contributed by atoms with E-state index < -0.39 is 10.0 Å². The van der Waals surface area contributed by atoms with E-state index in [1.807, 2.05) is 0 Å². The molecule has 1 saturated carbocycles. The van der Waals surface area contributed by atoms with Gasteiger partial charge in [0, 0.05) is 12.1 Å². The van der Waals surface area contributed by atoms with Gasteiger partial charge in [-0.05, 0) is 31.6 Å². The summed E-state index contributed by atoms with van der Waals surface area (Å²) >= 11 is 0. The Morgan fingerprint density at radius 3 is 2.58 bits per heavy atom. The lowest BCUT2D eigenvalue weighted by Crippen LogP contribution is -2.37. The highest BCUT2D eigenvalue weighted by Gasteiger charge is 2.34. The van der Waals surface area contributed by atoms with Crippen molar-refractivity contribution in [2.24, 2.45) is 11.8 Å². The molecule has 0 saturated heterocycles. The van der Waals surface area contributed by atoms with Crippen LogP contribution in [-0.2, 0) is 16.6 Å². The predicted molar refractivity (Wildman–Crippen MR) is 71.0 cm³/mol. The van der Waals surface area contributed by atoms with Gasteiger partial charge in [0.25, 0.3) is 0 Å². The van der Waals surface area contributed by atoms with Gasteiger partial charge in [0.05, 0.1) is 0 Å². The number of aryl methyl sites for hydroxylation is 1. The molecule has 0 amide bonds. The van der Waals surface area contributed by atoms with Gasteiger partial charge in [-0.1, -0.05) is 13.8 Å². The van der Waals surface area contributed by atoms with Gasteiger partial charge in [-0.3, -0.25) is 0 Å². The van der Waals surface area contributed by atoms with Crippen LogP contribution in [0.25, 0.3) is 0 Å². The highest BCUT2D eigenvalue weighted by Crippen LogP contribution is 2.32. The Morgan fingerprint density at radius 2 is 2.11 bits per heavy atom. The number of nitrogens with one attached hydrogen (secondary N) is 1. The van der Waals surface area contributed by atoms with E-state index in [4.69, 9.17) is 9.52 Å². The zero-order valence-electron chi connectivity index (χ0n) is 11.5. The van der Waals surface area contributed by atoms with Crippen molar-refractivity contribution in [3.05, 3.63) is 17.6 Å². The molecule has 0 spiro atoms. The number of furan rings is 1. The first-order chi connectivity index (χ1) is 8.85. The highest BCUT2D eigenvalue weighted by molar-refractivity contribution is 7.89. The number of rotatable bonds is 4. The van der Waals surface area contributed by atoms with Crippen molar-refractivity contribution in [2.75, 3.05) is 0 Å². The first kappa shape index (κ1) is 14.6. The van der Waals surface area contributed by atoms with Gasteiger partial charge < -0.3 is 9.52 Å². The second-order valence-electron chi connectivity index (χ2n) is 5.43. The first-order valence-electron chi connectivity index (χ1n) is 6.57. The molecule has 6 heteroatoms. The molecule has 0 aliphatic heterocycles. The third-order valence-corrected chi connectivity index (χ3v) is 5.74. The summed E-state index contributed by atoms with van der Waals surface area (Å²) in [6.07, 6.45) is 1.91. The van der Waals surface area contributed by atoms with Crippen LogP contribution in [0.2, 0.25) is 0 Å². The maximum atomic E-state index is 12.3. The van der Waals surface area contributed by atoms with Crippen LogP contribution >= 0.6 is 0 Å². The number of hydrogen-bond acceptors (Lipinski definition) is 4. The second-order valence-corrected chi connectivity index (χ2v) is 7.12. The van der Waals surface area contributed by atoms with Gasteiger partial charge in [-0.15, -0.1) is 0 Å². The largest absolute Gasteiger partial charge is 0.462 e. The topological polar surface area (TPSA) is 79.5 Å². The Balaban J connectivity index is 2.20. The van der Waals surface area contributed by atoms with Crippen molar-refractivity contribution in [1.82, 2.24) is 4.72 Å². The molecule has 2 N–H and O–H groups in total. The highest BCUT2D eigenvalue weighted by atomic mass is 32.2. The molecule has 1 aliphatic rings. The van der Waals surface area contributed by atoms with Crippen LogP contribution in [0.5, 0.6) is 0 Å². The van der Waals surface area contributed by atoms with Crippen molar-refractivity contribution < 1.29 is 17.9 Å². The quantitative estimate of drug-likeness (QED) is 0.885. The zero-order chi connectivity index (χ0) is 14.2. The Labute approximate surface area is 114 Å². The molecule has 3 atom stereocenters. The lowest BCUT2D eigenvalue weighted by Gasteiger charge is -2.19. The Morgan fingerprint density at radius 1 is 1.42 bits per heavy atom. The lowest BCUT2D eigenvalue weighted by molar-refractivity contribution is 0.244. The first-order valence-corrected chi connectivity index (χ1v) is 8.06. The van der Waals surface area contributed by atoms with Gasteiger partial charge in [0.15, 0.2) is 0 Å². The third kappa shape index (κ3) is 2.85. The van der Waals surface area contributed by atoms with Crippen molar-refractivity contribution in [1.29, 1.82) is 0 Å². The van der Waals surface area contributed by atoms with Gasteiger partial charge in [0.2, 0.25) is 10.0 Å². The Hall–Kier alpha value is -0.850. The van der Waals surface area contributed by atoms with E-state index in [2.05, 4.69) is 18.6 Å². The second kappa shape index (κ2) is 5.26. The molecule has 1 aromatic rings. The molecule has 1 aliphatic carbocycles. The van der Waals surface area contributed by atoms with Crippen LogP contribution in [0, 0.1) is 18.8 Å². The minimum Gasteiger partial charge on any atom is -0.462 e. The number of hydrogen-bond donors (Lipinski definition) is 2. The average molecular weight is 287 g/mol. The molecule has 3 unspecified atom stereocenters. The standard InChI is InChI=1S/C13H21NO4S/c1-8-4-5-12(9(8)2)14-19(16,17)13-6-11(7-15)18-10(13)3/h6,8-9,12,14-15H,4-5,7H2,1-3H3. The van der Waals surface area contributed by atoms with Crippen LogP contribution in [-0.4, -0.2) is 19.6 Å². The summed E-state index contributed by atoms with van der Waals surface area (Å²) in [4.78, 5) is 0.128. The van der Waals surface area contributed by atoms with Crippen molar-refractivity contribution in [3.63, 3.8) is 0 Å². The molecule has 0 aromatic carbocycles. The van der Waals surface area contributed by atoms with Crippen LogP contribution in [0.3, 0.4) is 0 Å². The van der Waals surface area contributed by atoms with E-state index in [0.29, 0.717) is 17.6 Å². The van der Waals surface area contributed by atoms with Crippen molar-refractivity contribution >= 4 is 10.0 Å². The van der Waals surface area contributed by atoms with Crippen molar-refractivity contribution in [2.45, 2.75) is 51.2 Å². The molecule has 0 radical (unpaired) electrons. The Kier molecular flexibility index (Phi) is 4.03. The smallest absolute Gasteiger partial charge is 0.244 e. The SMILES string of the molecule is Cc1oc(CO)cc1S(=O)(=O)NC1CCC(C)C1C. The van der Waals surface area contributed by atoms with Gasteiger partial charge in [0.1, 0.15) is 23.0 Å². The fraction of sp³-hybridized carbons (Fsp3) is 0.692. The molecular formula is C13H21NO4S. The fourth-order valence-corrected chi connectivity index (χ4v) is 4.23. The summed E-state index contributed by atoms with van der Waals surface area (Å²) in [6, 6.07) is 1.37. The lowest BCUT2D eigenvalue weighted by atomic mass is 9.98. The predicted octanol–water partition coefficient (Wildman–Crippen LogP) is 1.79. The van der Waals surface area contributed by atoms with Gasteiger partial charge >= 0.3 is 0 Å². The van der Waals surface area contributed by atoms with E-state index in [-0.39, 0.29) is 23.3 Å². The van der Waals surface area contributed by atoms with Crippen LogP contribution in [0.4, 0.5) is 0 Å². The maximum Gasteiger partial charge on any atom is 0.244 e. The zero-order valence-corrected chi connectivity index (χ0v) is 12.3. The summed E-state index contributed by atoms with van der Waals surface area (Å²) in [6.45, 7) is 5.51. The summed E-state index contributed by atoms with van der Waals surface area (Å²) in [5, 5.41) is 8.99. The van der Waals surface area contributed by atoms with Gasteiger partial charge in [-0.2, -0.15) is 0 Å². The van der Waals surface area contributed by atoms with E-state index >= 15 is 0 Å². The molecule has 1 heterocycles. The summed E-state index contributed by atoms with van der Waals surface area (Å²) in [7, 11) is -3.57. The minimum absolute atomic E-state index is 0.0214. The molecule has 5 nitrogen and oxygen atoms in total. The molecule has 2 rings (SSSR count). The number of sulfonamides is 1. The minimum atomic E-state index is -3.57. The normalized spacial score (nSPS) is 27.9. The van der Waals surface area contributed by atoms with Crippen LogP contribution in [0.1, 0.15) is 38.2 Å². The fourth-order valence-electron chi connectivity index (χ4n) is 2.66. The van der Waals surface area contributed by atoms with E-state index in [1.54, 1.807) is 6.92 Å². The molecule has 1 aromatic heterocycles. The average Bonchev–Trinajstić information content (AvgIpc) is 2.87. The molecule has 108 valence electrons. The monoisotopic (exact) mass is 287 g/mol. The van der Waals surface area contributed by atoms with Crippen molar-refractivity contribution in [3.8, 4) is 0 Å². The molecule has 19 heavy (non-hydrogen) atoms. The molecule has 1 fully saturated rings. The molecule has 0 bridgehead atoms. The third-order valence-electron chi connectivity index (χ3n) is 4.14. The Bertz CT molecular complexity index is 549. The van der Waals surface area contributed by atoms with E-state index in [9.17, 15) is 8.42 Å². The van der Waals surface area contributed by atoms with Gasteiger partial charge in [-0.25, -0.2) is 13.1 Å². The number of aliphatic hydroxyl groups excluding tert-OH is 1. The summed E-state index contributed by atoms with van der Waals surface area (Å²) in [5.74, 6) is 1.45. The summed E-state index contributed by atoms with van der Waals surface area (Å²) < 4.78 is 32.6.